The van der Waals surface area contributed by atoms with Crippen molar-refractivity contribution in [1.82, 2.24) is 0 Å². The minimum atomic E-state index is -0.976. The zero-order valence-corrected chi connectivity index (χ0v) is 10.1. The Morgan fingerprint density at radius 3 is 2.88 bits per heavy atom. The van der Waals surface area contributed by atoms with Crippen LogP contribution < -0.4 is 5.73 Å². The zero-order chi connectivity index (χ0) is 12.0. The van der Waals surface area contributed by atoms with Crippen LogP contribution >= 0.6 is 0 Å². The van der Waals surface area contributed by atoms with Gasteiger partial charge in [-0.05, 0) is 11.6 Å². The summed E-state index contributed by atoms with van der Waals surface area (Å²) in [6.45, 7) is 0.627. The topological polar surface area (TPSA) is 52.3 Å². The van der Waals surface area contributed by atoms with Crippen LogP contribution in [0.2, 0.25) is 0 Å². The highest BCUT2D eigenvalue weighted by molar-refractivity contribution is 7.84. The lowest BCUT2D eigenvalue weighted by atomic mass is 10.1. The molecule has 1 rings (SSSR count). The van der Waals surface area contributed by atoms with E-state index in [0.717, 1.165) is 5.56 Å². The number of rotatable bonds is 6. The number of ether oxygens (including phenoxy) is 1. The SMILES string of the molecule is COCCS(=O)Cc1ccc(F)c(CN)c1. The van der Waals surface area contributed by atoms with Crippen LogP contribution in [-0.2, 0) is 27.8 Å². The number of nitrogens with two attached hydrogens (primary N) is 1. The smallest absolute Gasteiger partial charge is 0.127 e. The second-order valence-electron chi connectivity index (χ2n) is 3.41. The third-order valence-corrected chi connectivity index (χ3v) is 3.45. The van der Waals surface area contributed by atoms with Crippen LogP contribution in [0.1, 0.15) is 11.1 Å². The van der Waals surface area contributed by atoms with Crippen LogP contribution in [0.25, 0.3) is 0 Å². The molecule has 3 nitrogen and oxygen atoms in total. The van der Waals surface area contributed by atoms with Crippen molar-refractivity contribution in [3.8, 4) is 0 Å². The standard InChI is InChI=1S/C11H16FNO2S/c1-15-4-5-16(14)8-9-2-3-11(12)10(6-9)7-13/h2-3,6H,4-5,7-8,13H2,1H3. The van der Waals surface area contributed by atoms with Crippen molar-refractivity contribution in [2.45, 2.75) is 12.3 Å². The van der Waals surface area contributed by atoms with Gasteiger partial charge >= 0.3 is 0 Å². The van der Waals surface area contributed by atoms with Crippen molar-refractivity contribution in [3.63, 3.8) is 0 Å². The van der Waals surface area contributed by atoms with Crippen LogP contribution in [0.4, 0.5) is 4.39 Å². The molecular weight excluding hydrogens is 229 g/mol. The summed E-state index contributed by atoms with van der Waals surface area (Å²) in [5, 5.41) is 0. The Morgan fingerprint density at radius 1 is 1.50 bits per heavy atom. The highest BCUT2D eigenvalue weighted by Crippen LogP contribution is 2.11. The molecule has 1 unspecified atom stereocenters. The van der Waals surface area contributed by atoms with Gasteiger partial charge in [0, 0.05) is 41.5 Å². The second kappa shape index (κ2) is 6.73. The molecular formula is C11H16FNO2S. The first-order valence-corrected chi connectivity index (χ1v) is 6.47. The van der Waals surface area contributed by atoms with Gasteiger partial charge in [0.2, 0.25) is 0 Å². The highest BCUT2D eigenvalue weighted by atomic mass is 32.2. The van der Waals surface area contributed by atoms with Gasteiger partial charge in [-0.2, -0.15) is 0 Å². The largest absolute Gasteiger partial charge is 0.384 e. The molecule has 0 saturated carbocycles. The fourth-order valence-electron chi connectivity index (χ4n) is 1.31. The number of methoxy groups -OCH3 is 1. The molecule has 1 aromatic rings. The fraction of sp³-hybridized carbons (Fsp3) is 0.455. The molecule has 0 aliphatic rings. The number of hydrogen-bond acceptors (Lipinski definition) is 3. The molecule has 2 N–H and O–H groups in total. The molecule has 90 valence electrons. The van der Waals surface area contributed by atoms with Crippen LogP contribution in [0.3, 0.4) is 0 Å². The summed E-state index contributed by atoms with van der Waals surface area (Å²) in [5.74, 6) is 0.594. The Balaban J connectivity index is 2.63. The van der Waals surface area contributed by atoms with E-state index in [-0.39, 0.29) is 12.4 Å². The minimum Gasteiger partial charge on any atom is -0.384 e. The summed E-state index contributed by atoms with van der Waals surface area (Å²) in [4.78, 5) is 0. The number of hydrogen-bond donors (Lipinski definition) is 1. The summed E-state index contributed by atoms with van der Waals surface area (Å²) in [7, 11) is 0.595. The average molecular weight is 245 g/mol. The van der Waals surface area contributed by atoms with E-state index < -0.39 is 10.8 Å². The molecule has 1 aromatic carbocycles. The molecule has 0 amide bonds. The van der Waals surface area contributed by atoms with E-state index in [4.69, 9.17) is 10.5 Å². The van der Waals surface area contributed by atoms with Gasteiger partial charge in [-0.25, -0.2) is 4.39 Å². The summed E-state index contributed by atoms with van der Waals surface area (Å²) in [5.41, 5.74) is 6.70. The molecule has 0 spiro atoms. The van der Waals surface area contributed by atoms with Gasteiger partial charge < -0.3 is 10.5 Å². The predicted molar refractivity (Wildman–Crippen MR) is 62.9 cm³/mol. The Morgan fingerprint density at radius 2 is 2.25 bits per heavy atom. The van der Waals surface area contributed by atoms with Crippen molar-refractivity contribution in [2.75, 3.05) is 19.5 Å². The van der Waals surface area contributed by atoms with Crippen LogP contribution in [0, 0.1) is 5.82 Å². The first kappa shape index (κ1) is 13.3. The van der Waals surface area contributed by atoms with Crippen molar-refractivity contribution in [3.05, 3.63) is 35.1 Å². The molecule has 0 heterocycles. The van der Waals surface area contributed by atoms with Crippen LogP contribution in [0.15, 0.2) is 18.2 Å². The maximum absolute atomic E-state index is 13.1. The van der Waals surface area contributed by atoms with Crippen molar-refractivity contribution >= 4 is 10.8 Å². The molecule has 1 atom stereocenters. The van der Waals surface area contributed by atoms with E-state index in [9.17, 15) is 8.60 Å². The quantitative estimate of drug-likeness (QED) is 0.818. The lowest BCUT2D eigenvalue weighted by Gasteiger charge is -2.05. The minimum absolute atomic E-state index is 0.157. The first-order chi connectivity index (χ1) is 7.67. The van der Waals surface area contributed by atoms with E-state index in [1.807, 2.05) is 0 Å². The average Bonchev–Trinajstić information content (AvgIpc) is 2.29. The van der Waals surface area contributed by atoms with Gasteiger partial charge in [0.25, 0.3) is 0 Å². The highest BCUT2D eigenvalue weighted by Gasteiger charge is 2.05. The zero-order valence-electron chi connectivity index (χ0n) is 9.24. The molecule has 0 aromatic heterocycles. The molecule has 0 aliphatic carbocycles. The Hall–Kier alpha value is -0.780. The van der Waals surface area contributed by atoms with Gasteiger partial charge in [-0.1, -0.05) is 12.1 Å². The summed E-state index contributed by atoms with van der Waals surface area (Å²) in [6, 6.07) is 4.67. The lowest BCUT2D eigenvalue weighted by molar-refractivity contribution is 0.218. The van der Waals surface area contributed by atoms with E-state index in [2.05, 4.69) is 0 Å². The normalized spacial score (nSPS) is 12.7. The summed E-state index contributed by atoms with van der Waals surface area (Å²) in [6.07, 6.45) is 0. The molecule has 0 fully saturated rings. The van der Waals surface area contributed by atoms with Crippen LogP contribution in [-0.4, -0.2) is 23.7 Å². The lowest BCUT2D eigenvalue weighted by Crippen LogP contribution is -2.07. The predicted octanol–water partition coefficient (Wildman–Crippen LogP) is 1.18. The van der Waals surface area contributed by atoms with Gasteiger partial charge in [0.15, 0.2) is 0 Å². The maximum Gasteiger partial charge on any atom is 0.127 e. The van der Waals surface area contributed by atoms with E-state index in [1.54, 1.807) is 19.2 Å². The van der Waals surface area contributed by atoms with Gasteiger partial charge in [0.05, 0.1) is 6.61 Å². The van der Waals surface area contributed by atoms with Crippen molar-refractivity contribution in [1.29, 1.82) is 0 Å². The number of benzene rings is 1. The first-order valence-electron chi connectivity index (χ1n) is 4.98. The van der Waals surface area contributed by atoms with Crippen molar-refractivity contribution in [2.24, 2.45) is 5.73 Å². The van der Waals surface area contributed by atoms with E-state index in [0.29, 0.717) is 23.7 Å². The Kier molecular flexibility index (Phi) is 5.59. The van der Waals surface area contributed by atoms with E-state index in [1.165, 1.54) is 6.07 Å². The molecule has 0 radical (unpaired) electrons. The summed E-state index contributed by atoms with van der Waals surface area (Å²) >= 11 is 0. The monoisotopic (exact) mass is 245 g/mol. The molecule has 0 saturated heterocycles. The number of halogens is 1. The third kappa shape index (κ3) is 4.00. The molecule has 16 heavy (non-hydrogen) atoms. The summed E-state index contributed by atoms with van der Waals surface area (Å²) < 4.78 is 29.5. The Labute approximate surface area is 97.2 Å². The van der Waals surface area contributed by atoms with Gasteiger partial charge in [0.1, 0.15) is 5.82 Å². The molecule has 0 aliphatic heterocycles. The molecule has 0 bridgehead atoms. The maximum atomic E-state index is 13.1. The fourth-order valence-corrected chi connectivity index (χ4v) is 2.36. The van der Waals surface area contributed by atoms with Crippen molar-refractivity contribution < 1.29 is 13.3 Å². The van der Waals surface area contributed by atoms with E-state index >= 15 is 0 Å². The third-order valence-electron chi connectivity index (χ3n) is 2.17. The Bertz CT molecular complexity index is 371. The van der Waals surface area contributed by atoms with Gasteiger partial charge in [-0.15, -0.1) is 0 Å². The van der Waals surface area contributed by atoms with Crippen LogP contribution in [0.5, 0.6) is 0 Å². The second-order valence-corrected chi connectivity index (χ2v) is 4.99. The van der Waals surface area contributed by atoms with Gasteiger partial charge in [-0.3, -0.25) is 4.21 Å². The molecule has 5 heteroatoms.